The van der Waals surface area contributed by atoms with Crippen LogP contribution in [0.4, 0.5) is 5.69 Å². The summed E-state index contributed by atoms with van der Waals surface area (Å²) >= 11 is 0. The predicted octanol–water partition coefficient (Wildman–Crippen LogP) is 2.45. The van der Waals surface area contributed by atoms with E-state index in [4.69, 9.17) is 9.47 Å². The molecular formula is C18H17N3O4. The number of nitrogens with zero attached hydrogens (tertiary/aromatic N) is 2. The summed E-state index contributed by atoms with van der Waals surface area (Å²) in [5, 5.41) is 2.66. The Hall–Kier alpha value is -3.35. The van der Waals surface area contributed by atoms with Crippen LogP contribution in [0.1, 0.15) is 16.1 Å². The monoisotopic (exact) mass is 339 g/mol. The SMILES string of the molecule is COC(=O)c1ccccc1NC(=O)COc1cccn2cc(C)nc12. The minimum atomic E-state index is -0.519. The molecule has 0 fully saturated rings. The van der Waals surface area contributed by atoms with Crippen molar-refractivity contribution in [3.05, 3.63) is 60.0 Å². The van der Waals surface area contributed by atoms with Crippen LogP contribution in [-0.2, 0) is 9.53 Å². The van der Waals surface area contributed by atoms with Crippen LogP contribution in [0.25, 0.3) is 5.65 Å². The first kappa shape index (κ1) is 16.5. The summed E-state index contributed by atoms with van der Waals surface area (Å²) in [6.07, 6.45) is 3.73. The topological polar surface area (TPSA) is 81.9 Å². The number of carbonyl (C=O) groups is 2. The summed E-state index contributed by atoms with van der Waals surface area (Å²) in [5.41, 5.74) is 2.15. The summed E-state index contributed by atoms with van der Waals surface area (Å²) in [7, 11) is 1.29. The maximum atomic E-state index is 12.2. The number of imidazole rings is 1. The lowest BCUT2D eigenvalue weighted by atomic mass is 10.2. The third kappa shape index (κ3) is 3.60. The van der Waals surface area contributed by atoms with E-state index < -0.39 is 5.97 Å². The van der Waals surface area contributed by atoms with E-state index >= 15 is 0 Å². The van der Waals surface area contributed by atoms with Gasteiger partial charge in [-0.15, -0.1) is 0 Å². The van der Waals surface area contributed by atoms with Gasteiger partial charge in [-0.3, -0.25) is 4.79 Å². The van der Waals surface area contributed by atoms with Crippen LogP contribution < -0.4 is 10.1 Å². The lowest BCUT2D eigenvalue weighted by Gasteiger charge is -2.10. The molecule has 25 heavy (non-hydrogen) atoms. The molecular weight excluding hydrogens is 322 g/mol. The zero-order valence-corrected chi connectivity index (χ0v) is 13.9. The molecule has 1 N–H and O–H groups in total. The van der Waals surface area contributed by atoms with Gasteiger partial charge in [0.2, 0.25) is 0 Å². The van der Waals surface area contributed by atoms with Gasteiger partial charge in [-0.05, 0) is 31.2 Å². The van der Waals surface area contributed by atoms with Crippen molar-refractivity contribution in [3.8, 4) is 5.75 Å². The van der Waals surface area contributed by atoms with Gasteiger partial charge in [-0.1, -0.05) is 12.1 Å². The van der Waals surface area contributed by atoms with Gasteiger partial charge in [0.15, 0.2) is 18.0 Å². The fraction of sp³-hybridized carbons (Fsp3) is 0.167. The van der Waals surface area contributed by atoms with Gasteiger partial charge in [0.25, 0.3) is 5.91 Å². The van der Waals surface area contributed by atoms with Crippen molar-refractivity contribution in [1.29, 1.82) is 0 Å². The van der Waals surface area contributed by atoms with Gasteiger partial charge in [-0.25, -0.2) is 9.78 Å². The van der Waals surface area contributed by atoms with Crippen LogP contribution in [-0.4, -0.2) is 35.0 Å². The number of anilines is 1. The second-order valence-electron chi connectivity index (χ2n) is 5.36. The Bertz CT molecular complexity index is 933. The molecule has 0 radical (unpaired) electrons. The molecule has 7 nitrogen and oxygen atoms in total. The Morgan fingerprint density at radius 3 is 2.80 bits per heavy atom. The number of ether oxygens (including phenoxy) is 2. The fourth-order valence-electron chi connectivity index (χ4n) is 2.43. The number of fused-ring (bicyclic) bond motifs is 1. The average molecular weight is 339 g/mol. The highest BCUT2D eigenvalue weighted by molar-refractivity contribution is 6.01. The van der Waals surface area contributed by atoms with Crippen molar-refractivity contribution in [2.75, 3.05) is 19.0 Å². The first-order valence-electron chi connectivity index (χ1n) is 7.63. The first-order valence-corrected chi connectivity index (χ1v) is 7.63. The Labute approximate surface area is 144 Å². The van der Waals surface area contributed by atoms with Crippen molar-refractivity contribution < 1.29 is 19.1 Å². The lowest BCUT2D eigenvalue weighted by molar-refractivity contribution is -0.118. The molecule has 1 aromatic carbocycles. The van der Waals surface area contributed by atoms with Crippen LogP contribution in [0.2, 0.25) is 0 Å². The number of hydrogen-bond acceptors (Lipinski definition) is 5. The quantitative estimate of drug-likeness (QED) is 0.722. The minimum absolute atomic E-state index is 0.207. The third-order valence-corrected chi connectivity index (χ3v) is 3.53. The Balaban J connectivity index is 1.70. The number of carbonyl (C=O) groups excluding carboxylic acids is 2. The number of benzene rings is 1. The highest BCUT2D eigenvalue weighted by atomic mass is 16.5. The van der Waals surface area contributed by atoms with Crippen molar-refractivity contribution in [3.63, 3.8) is 0 Å². The molecule has 3 rings (SSSR count). The number of methoxy groups -OCH3 is 1. The van der Waals surface area contributed by atoms with Crippen LogP contribution >= 0.6 is 0 Å². The molecule has 0 aliphatic carbocycles. The van der Waals surface area contributed by atoms with E-state index in [1.807, 2.05) is 29.8 Å². The third-order valence-electron chi connectivity index (χ3n) is 3.53. The van der Waals surface area contributed by atoms with Crippen molar-refractivity contribution in [2.24, 2.45) is 0 Å². The second-order valence-corrected chi connectivity index (χ2v) is 5.36. The van der Waals surface area contributed by atoms with Crippen LogP contribution in [0.15, 0.2) is 48.8 Å². The predicted molar refractivity (Wildman–Crippen MR) is 91.8 cm³/mol. The zero-order chi connectivity index (χ0) is 17.8. The molecule has 1 amide bonds. The van der Waals surface area contributed by atoms with Crippen molar-refractivity contribution in [2.45, 2.75) is 6.92 Å². The van der Waals surface area contributed by atoms with Crippen molar-refractivity contribution >= 4 is 23.2 Å². The molecule has 2 aromatic heterocycles. The number of esters is 1. The van der Waals surface area contributed by atoms with Gasteiger partial charge in [0, 0.05) is 12.4 Å². The number of pyridine rings is 1. The maximum Gasteiger partial charge on any atom is 0.339 e. The van der Waals surface area contributed by atoms with Gasteiger partial charge in [-0.2, -0.15) is 0 Å². The normalized spacial score (nSPS) is 10.5. The van der Waals surface area contributed by atoms with E-state index in [1.54, 1.807) is 30.3 Å². The number of rotatable bonds is 5. The number of para-hydroxylation sites is 1. The van der Waals surface area contributed by atoms with E-state index in [-0.39, 0.29) is 18.1 Å². The molecule has 0 aliphatic heterocycles. The molecule has 0 saturated heterocycles. The molecule has 0 bridgehead atoms. The minimum Gasteiger partial charge on any atom is -0.480 e. The standard InChI is InChI=1S/C18H17N3O4/c1-12-10-21-9-5-8-15(17(21)19-12)25-11-16(22)20-14-7-4-3-6-13(14)18(23)24-2/h3-10H,11H2,1-2H3,(H,20,22). The Morgan fingerprint density at radius 2 is 2.00 bits per heavy atom. The van der Waals surface area contributed by atoms with Gasteiger partial charge >= 0.3 is 5.97 Å². The fourth-order valence-corrected chi connectivity index (χ4v) is 2.43. The molecule has 0 aliphatic rings. The molecule has 3 aromatic rings. The van der Waals surface area contributed by atoms with Gasteiger partial charge in [0.05, 0.1) is 24.1 Å². The molecule has 7 heteroatoms. The Kier molecular flexibility index (Phi) is 4.65. The number of amides is 1. The average Bonchev–Trinajstić information content (AvgIpc) is 3.00. The highest BCUT2D eigenvalue weighted by Gasteiger charge is 2.14. The molecule has 128 valence electrons. The number of aryl methyl sites for hydroxylation is 1. The van der Waals surface area contributed by atoms with E-state index in [1.165, 1.54) is 7.11 Å². The lowest BCUT2D eigenvalue weighted by Crippen LogP contribution is -2.22. The van der Waals surface area contributed by atoms with Crippen molar-refractivity contribution in [1.82, 2.24) is 9.38 Å². The molecule has 0 spiro atoms. The summed E-state index contributed by atoms with van der Waals surface area (Å²) in [5.74, 6) is -0.400. The first-order chi connectivity index (χ1) is 12.1. The smallest absolute Gasteiger partial charge is 0.339 e. The van der Waals surface area contributed by atoms with Gasteiger partial charge in [0.1, 0.15) is 0 Å². The van der Waals surface area contributed by atoms with Crippen LogP contribution in [0.3, 0.4) is 0 Å². The van der Waals surface area contributed by atoms with Gasteiger partial charge < -0.3 is 19.2 Å². The maximum absolute atomic E-state index is 12.2. The van der Waals surface area contributed by atoms with E-state index in [0.717, 1.165) is 5.69 Å². The van der Waals surface area contributed by atoms with E-state index in [0.29, 0.717) is 17.1 Å². The number of nitrogens with one attached hydrogen (secondary N) is 1. The molecule has 0 saturated carbocycles. The molecule has 0 unspecified atom stereocenters. The summed E-state index contributed by atoms with van der Waals surface area (Å²) in [6.45, 7) is 1.67. The summed E-state index contributed by atoms with van der Waals surface area (Å²) in [6, 6.07) is 10.2. The Morgan fingerprint density at radius 1 is 1.20 bits per heavy atom. The summed E-state index contributed by atoms with van der Waals surface area (Å²) in [4.78, 5) is 28.3. The highest BCUT2D eigenvalue weighted by Crippen LogP contribution is 2.19. The number of hydrogen-bond donors (Lipinski definition) is 1. The molecule has 2 heterocycles. The largest absolute Gasteiger partial charge is 0.480 e. The second kappa shape index (κ2) is 7.04. The summed E-state index contributed by atoms with van der Waals surface area (Å²) < 4.78 is 12.1. The number of aromatic nitrogens is 2. The van der Waals surface area contributed by atoms with Crippen LogP contribution in [0.5, 0.6) is 5.75 Å². The van der Waals surface area contributed by atoms with E-state index in [2.05, 4.69) is 10.3 Å². The van der Waals surface area contributed by atoms with Crippen LogP contribution in [0, 0.1) is 6.92 Å². The van der Waals surface area contributed by atoms with E-state index in [9.17, 15) is 9.59 Å². The molecule has 0 atom stereocenters. The zero-order valence-electron chi connectivity index (χ0n) is 13.9.